The van der Waals surface area contributed by atoms with E-state index in [1.54, 1.807) is 12.1 Å². The lowest BCUT2D eigenvalue weighted by atomic mass is 9.83. The Kier molecular flexibility index (Phi) is 3.91. The molecule has 0 aliphatic heterocycles. The Bertz CT molecular complexity index is 709. The number of aliphatic carboxylic acids is 1. The van der Waals surface area contributed by atoms with E-state index in [4.69, 9.17) is 33.0 Å². The first-order valence-corrected chi connectivity index (χ1v) is 7.77. The van der Waals surface area contributed by atoms with Crippen molar-refractivity contribution in [1.82, 2.24) is 0 Å². The Hall–Kier alpha value is -1.52. The van der Waals surface area contributed by atoms with E-state index in [2.05, 4.69) is 6.92 Å². The predicted molar refractivity (Wildman–Crippen MR) is 83.7 cm³/mol. The third kappa shape index (κ3) is 2.40. The minimum atomic E-state index is -1.08. The lowest BCUT2D eigenvalue weighted by Gasteiger charge is -2.20. The van der Waals surface area contributed by atoms with Gasteiger partial charge in [0.05, 0.1) is 5.02 Å². The van der Waals surface area contributed by atoms with Crippen molar-refractivity contribution in [2.45, 2.75) is 25.7 Å². The van der Waals surface area contributed by atoms with Gasteiger partial charge in [-0.15, -0.1) is 0 Å². The van der Waals surface area contributed by atoms with Gasteiger partial charge in [-0.25, -0.2) is 4.79 Å². The van der Waals surface area contributed by atoms with Crippen LogP contribution in [0, 0.1) is 5.92 Å². The van der Waals surface area contributed by atoms with Crippen LogP contribution in [-0.2, 0) is 9.59 Å². The normalized spacial score (nSPS) is 22.9. The maximum atomic E-state index is 11.7. The highest BCUT2D eigenvalue weighted by Gasteiger charge is 2.39. The molecule has 6 heteroatoms. The molecule has 0 saturated heterocycles. The summed E-state index contributed by atoms with van der Waals surface area (Å²) >= 11 is 12.6. The van der Waals surface area contributed by atoms with Crippen LogP contribution in [0.3, 0.4) is 0 Å². The molecular weight excluding hydrogens is 327 g/mol. The number of hydrogen-bond acceptors (Lipinski definition) is 3. The molecule has 0 spiro atoms. The van der Waals surface area contributed by atoms with Gasteiger partial charge in [-0.1, -0.05) is 30.1 Å². The summed E-state index contributed by atoms with van der Waals surface area (Å²) in [5.74, 6) is -0.273. The van der Waals surface area contributed by atoms with E-state index in [1.165, 1.54) is 0 Å². The van der Waals surface area contributed by atoms with Crippen molar-refractivity contribution in [3.8, 4) is 5.75 Å². The van der Waals surface area contributed by atoms with E-state index in [9.17, 15) is 9.59 Å². The van der Waals surface area contributed by atoms with Gasteiger partial charge < -0.3 is 9.84 Å². The number of allylic oxidation sites excluding steroid dienone is 2. The molecule has 116 valence electrons. The summed E-state index contributed by atoms with van der Waals surface area (Å²) in [6, 6.07) is 1.75. The van der Waals surface area contributed by atoms with Crippen molar-refractivity contribution in [3.05, 3.63) is 33.3 Å². The summed E-state index contributed by atoms with van der Waals surface area (Å²) < 4.78 is 5.22. The first-order chi connectivity index (χ1) is 10.4. The minimum absolute atomic E-state index is 0.102. The van der Waals surface area contributed by atoms with E-state index >= 15 is 0 Å². The molecule has 0 fully saturated rings. The second-order valence-electron chi connectivity index (χ2n) is 5.65. The number of carboxylic acids is 1. The molecule has 0 bridgehead atoms. The maximum Gasteiger partial charge on any atom is 0.341 e. The summed E-state index contributed by atoms with van der Waals surface area (Å²) in [4.78, 5) is 22.4. The monoisotopic (exact) mass is 340 g/mol. The molecule has 0 radical (unpaired) electrons. The van der Waals surface area contributed by atoms with E-state index in [-0.39, 0.29) is 28.4 Å². The zero-order chi connectivity index (χ0) is 16.0. The summed E-state index contributed by atoms with van der Waals surface area (Å²) in [6.07, 6.45) is 3.00. The van der Waals surface area contributed by atoms with Crippen LogP contribution >= 0.6 is 23.2 Å². The van der Waals surface area contributed by atoms with Crippen LogP contribution < -0.4 is 4.74 Å². The topological polar surface area (TPSA) is 63.6 Å². The Morgan fingerprint density at radius 1 is 1.41 bits per heavy atom. The molecule has 1 aromatic carbocycles. The van der Waals surface area contributed by atoms with E-state index in [0.717, 1.165) is 23.1 Å². The molecule has 1 N–H and O–H groups in total. The molecule has 0 heterocycles. The van der Waals surface area contributed by atoms with Gasteiger partial charge in [0.25, 0.3) is 0 Å². The number of ketones is 1. The number of carbonyl (C=O) groups excluding carboxylic acids is 1. The second-order valence-corrected chi connectivity index (χ2v) is 6.41. The summed E-state index contributed by atoms with van der Waals surface area (Å²) in [6.45, 7) is 1.60. The lowest BCUT2D eigenvalue weighted by molar-refractivity contribution is -0.139. The Morgan fingerprint density at radius 3 is 2.82 bits per heavy atom. The molecule has 0 saturated carbocycles. The second kappa shape index (κ2) is 5.60. The van der Waals surface area contributed by atoms with Crippen LogP contribution in [0.25, 0.3) is 5.57 Å². The van der Waals surface area contributed by atoms with Crippen molar-refractivity contribution in [2.75, 3.05) is 6.61 Å². The predicted octanol–water partition coefficient (Wildman–Crippen LogP) is 3.94. The number of ether oxygens (including phenoxy) is 1. The van der Waals surface area contributed by atoms with Crippen LogP contribution in [-0.4, -0.2) is 23.5 Å². The van der Waals surface area contributed by atoms with Gasteiger partial charge in [-0.2, -0.15) is 0 Å². The summed E-state index contributed by atoms with van der Waals surface area (Å²) in [5.41, 5.74) is 2.70. The molecule has 0 aromatic heterocycles. The van der Waals surface area contributed by atoms with Gasteiger partial charge in [0, 0.05) is 12.0 Å². The van der Waals surface area contributed by atoms with Crippen LogP contribution in [0.5, 0.6) is 5.75 Å². The number of halogens is 2. The zero-order valence-electron chi connectivity index (χ0n) is 11.9. The van der Waals surface area contributed by atoms with E-state index in [0.29, 0.717) is 11.4 Å². The van der Waals surface area contributed by atoms with Gasteiger partial charge >= 0.3 is 5.97 Å². The number of carbonyl (C=O) groups is 2. The molecule has 22 heavy (non-hydrogen) atoms. The SMILES string of the molecule is C[C@H]1c2cc(OCC(=O)O)c(Cl)c(Cl)c2C2=CC(=O)CCC21. The van der Waals surface area contributed by atoms with Crippen LogP contribution in [0.1, 0.15) is 36.8 Å². The molecular formula is C16H14Cl2O4. The zero-order valence-corrected chi connectivity index (χ0v) is 13.4. The first-order valence-electron chi connectivity index (χ1n) is 7.01. The molecule has 2 aliphatic rings. The fraction of sp³-hybridized carbons (Fsp3) is 0.375. The van der Waals surface area contributed by atoms with Crippen molar-refractivity contribution >= 4 is 40.5 Å². The van der Waals surface area contributed by atoms with Crippen LogP contribution in [0.4, 0.5) is 0 Å². The highest BCUT2D eigenvalue weighted by Crippen LogP contribution is 2.55. The molecule has 1 aromatic rings. The highest BCUT2D eigenvalue weighted by atomic mass is 35.5. The largest absolute Gasteiger partial charge is 0.480 e. The van der Waals surface area contributed by atoms with Gasteiger partial charge in [-0.3, -0.25) is 4.79 Å². The lowest BCUT2D eigenvalue weighted by Crippen LogP contribution is -2.12. The maximum absolute atomic E-state index is 11.7. The van der Waals surface area contributed by atoms with E-state index < -0.39 is 12.6 Å². The van der Waals surface area contributed by atoms with Crippen LogP contribution in [0.15, 0.2) is 12.1 Å². The molecule has 0 amide bonds. The van der Waals surface area contributed by atoms with Gasteiger partial charge in [0.2, 0.25) is 0 Å². The highest BCUT2D eigenvalue weighted by molar-refractivity contribution is 6.44. The molecule has 2 aliphatic carbocycles. The number of benzene rings is 1. The average molecular weight is 341 g/mol. The number of rotatable bonds is 3. The van der Waals surface area contributed by atoms with E-state index in [1.807, 2.05) is 0 Å². The molecule has 2 atom stereocenters. The quantitative estimate of drug-likeness (QED) is 0.905. The number of fused-ring (bicyclic) bond motifs is 3. The molecule has 4 nitrogen and oxygen atoms in total. The summed E-state index contributed by atoms with van der Waals surface area (Å²) in [7, 11) is 0. The third-order valence-corrected chi connectivity index (χ3v) is 5.21. The fourth-order valence-corrected chi connectivity index (χ4v) is 3.83. The van der Waals surface area contributed by atoms with Crippen molar-refractivity contribution in [2.24, 2.45) is 5.92 Å². The minimum Gasteiger partial charge on any atom is -0.480 e. The van der Waals surface area contributed by atoms with Crippen molar-refractivity contribution in [1.29, 1.82) is 0 Å². The fourth-order valence-electron chi connectivity index (χ4n) is 3.32. The average Bonchev–Trinajstić information content (AvgIpc) is 2.73. The summed E-state index contributed by atoms with van der Waals surface area (Å²) in [5, 5.41) is 9.25. The van der Waals surface area contributed by atoms with Gasteiger partial charge in [-0.05, 0) is 41.5 Å². The number of hydrogen-bond donors (Lipinski definition) is 1. The molecule has 3 rings (SSSR count). The van der Waals surface area contributed by atoms with Crippen molar-refractivity contribution in [3.63, 3.8) is 0 Å². The van der Waals surface area contributed by atoms with Crippen molar-refractivity contribution < 1.29 is 19.4 Å². The Morgan fingerprint density at radius 2 is 2.14 bits per heavy atom. The van der Waals surface area contributed by atoms with Gasteiger partial charge in [0.15, 0.2) is 12.4 Å². The standard InChI is InChI=1S/C16H14Cl2O4/c1-7-9-3-2-8(19)4-11(9)14-10(7)5-12(15(17)16(14)18)22-6-13(20)21/h4-5,7,9H,2-3,6H2,1H3,(H,20,21)/t7-,9?/m1/s1. The Balaban J connectivity index is 2.10. The first kappa shape index (κ1) is 15.4. The number of carboxylic acid groups (broad SMARTS) is 1. The Labute approximate surface area is 137 Å². The van der Waals surface area contributed by atoms with Gasteiger partial charge in [0.1, 0.15) is 10.8 Å². The smallest absolute Gasteiger partial charge is 0.341 e. The molecule has 1 unspecified atom stereocenters. The third-order valence-electron chi connectivity index (χ3n) is 4.36. The van der Waals surface area contributed by atoms with Crippen LogP contribution in [0.2, 0.25) is 10.0 Å².